The van der Waals surface area contributed by atoms with E-state index in [1.165, 1.54) is 11.1 Å². The third kappa shape index (κ3) is 6.05. The summed E-state index contributed by atoms with van der Waals surface area (Å²) in [5.41, 5.74) is 2.34. The van der Waals surface area contributed by atoms with Gasteiger partial charge in [-0.25, -0.2) is 4.98 Å². The third-order valence-corrected chi connectivity index (χ3v) is 8.44. The normalized spacial score (nSPS) is 14.3. The summed E-state index contributed by atoms with van der Waals surface area (Å²) in [5, 5.41) is 5.18. The average molecular weight is 704 g/mol. The first-order valence-electron chi connectivity index (χ1n) is 12.4. The quantitative estimate of drug-likeness (QED) is 0.182. The summed E-state index contributed by atoms with van der Waals surface area (Å²) in [5.74, 6) is 2.15. The number of methoxy groups -OCH3 is 1. The molecule has 1 heterocycles. The summed E-state index contributed by atoms with van der Waals surface area (Å²) in [4.78, 5) is 18.5. The highest BCUT2D eigenvalue weighted by molar-refractivity contribution is 9.11. The van der Waals surface area contributed by atoms with Gasteiger partial charge in [0.1, 0.15) is 12.4 Å². The number of fused-ring (bicyclic) bond motifs is 1. The Bertz CT molecular complexity index is 1560. The van der Waals surface area contributed by atoms with Crippen LogP contribution in [0.4, 0.5) is 0 Å². The van der Waals surface area contributed by atoms with Gasteiger partial charge in [-0.1, -0.05) is 73.1 Å². The van der Waals surface area contributed by atoms with Crippen LogP contribution >= 0.6 is 47.8 Å². The molecule has 0 N–H and O–H groups in total. The van der Waals surface area contributed by atoms with E-state index < -0.39 is 0 Å². The molecule has 9 heteroatoms. The van der Waals surface area contributed by atoms with E-state index in [2.05, 4.69) is 52.9 Å². The molecule has 38 heavy (non-hydrogen) atoms. The summed E-state index contributed by atoms with van der Waals surface area (Å²) >= 11 is 10.5. The molecule has 3 aromatic carbocycles. The van der Waals surface area contributed by atoms with Gasteiger partial charge in [0.25, 0.3) is 5.56 Å². The smallest absolute Gasteiger partial charge is 0.282 e. The molecule has 0 amide bonds. The lowest BCUT2D eigenvalue weighted by Gasteiger charge is -2.22. The van der Waals surface area contributed by atoms with Gasteiger partial charge in [-0.2, -0.15) is 9.78 Å². The lowest BCUT2D eigenvalue weighted by molar-refractivity contribution is 0.284. The maximum atomic E-state index is 13.5. The van der Waals surface area contributed by atoms with E-state index in [0.717, 1.165) is 56.1 Å². The van der Waals surface area contributed by atoms with Crippen LogP contribution in [-0.2, 0) is 6.61 Å². The molecule has 5 rings (SSSR count). The highest BCUT2D eigenvalue weighted by Crippen LogP contribution is 2.33. The number of ether oxygens (including phenoxy) is 2. The molecule has 1 aliphatic rings. The number of rotatable bonds is 7. The molecule has 0 aliphatic heterocycles. The van der Waals surface area contributed by atoms with Gasteiger partial charge < -0.3 is 9.47 Å². The van der Waals surface area contributed by atoms with Crippen LogP contribution in [0, 0.1) is 0 Å². The monoisotopic (exact) mass is 701 g/mol. The van der Waals surface area contributed by atoms with Gasteiger partial charge in [-0.05, 0) is 66.9 Å². The highest BCUT2D eigenvalue weighted by atomic mass is 79.9. The van der Waals surface area contributed by atoms with Gasteiger partial charge in [-0.15, -0.1) is 0 Å². The van der Waals surface area contributed by atoms with Gasteiger partial charge in [0.2, 0.25) is 0 Å². The van der Waals surface area contributed by atoms with Crippen molar-refractivity contribution >= 4 is 64.9 Å². The van der Waals surface area contributed by atoms with Crippen LogP contribution in [0.25, 0.3) is 10.9 Å². The zero-order valence-electron chi connectivity index (χ0n) is 20.8. The molecule has 6 nitrogen and oxygen atoms in total. The van der Waals surface area contributed by atoms with E-state index in [1.54, 1.807) is 19.4 Å². The predicted molar refractivity (Wildman–Crippen MR) is 162 cm³/mol. The molecule has 1 saturated carbocycles. The van der Waals surface area contributed by atoms with E-state index in [1.807, 2.05) is 48.5 Å². The van der Waals surface area contributed by atoms with Gasteiger partial charge in [-0.3, -0.25) is 4.79 Å². The molecule has 0 radical (unpaired) electrons. The second-order valence-electron chi connectivity index (χ2n) is 9.26. The highest BCUT2D eigenvalue weighted by Gasteiger charge is 2.22. The molecule has 1 aliphatic carbocycles. The van der Waals surface area contributed by atoms with Crippen molar-refractivity contribution < 1.29 is 9.47 Å². The first-order chi connectivity index (χ1) is 18.4. The minimum absolute atomic E-state index is 0.167. The summed E-state index contributed by atoms with van der Waals surface area (Å²) in [6, 6.07) is 17.2. The number of halogens is 3. The topological polar surface area (TPSA) is 65.7 Å². The summed E-state index contributed by atoms with van der Waals surface area (Å²) in [7, 11) is 1.61. The Labute approximate surface area is 246 Å². The van der Waals surface area contributed by atoms with Gasteiger partial charge in [0.15, 0.2) is 11.5 Å². The van der Waals surface area contributed by atoms with E-state index in [9.17, 15) is 4.79 Å². The Hall–Kier alpha value is -2.49. The molecule has 1 aromatic heterocycles. The maximum absolute atomic E-state index is 13.5. The predicted octanol–water partition coefficient (Wildman–Crippen LogP) is 8.20. The molecule has 0 bridgehead atoms. The standard InChI is InChI=1S/C29H26Br3N3O3/c1-37-27-13-18(7-12-26(27)38-17-20-8-9-22(31)15-24(20)32)16-33-35-28(19-5-3-2-4-6-19)34-25-11-10-21(30)14-23(25)29(35)36/h7-16,19H,2-6,17H2,1H3. The fourth-order valence-electron chi connectivity index (χ4n) is 4.70. The Morgan fingerprint density at radius 1 is 0.974 bits per heavy atom. The summed E-state index contributed by atoms with van der Waals surface area (Å²) in [6.07, 6.45) is 7.20. The number of hydrogen-bond donors (Lipinski definition) is 0. The van der Waals surface area contributed by atoms with Crippen molar-refractivity contribution in [3.63, 3.8) is 0 Å². The zero-order chi connectivity index (χ0) is 26.6. The molecule has 0 unspecified atom stereocenters. The minimum Gasteiger partial charge on any atom is -0.493 e. The van der Waals surface area contributed by atoms with E-state index >= 15 is 0 Å². The van der Waals surface area contributed by atoms with E-state index in [4.69, 9.17) is 14.5 Å². The lowest BCUT2D eigenvalue weighted by Crippen LogP contribution is -2.25. The second kappa shape index (κ2) is 12.1. The van der Waals surface area contributed by atoms with Crippen molar-refractivity contribution in [3.05, 3.63) is 95.3 Å². The zero-order valence-corrected chi connectivity index (χ0v) is 25.6. The van der Waals surface area contributed by atoms with Crippen LogP contribution < -0.4 is 15.0 Å². The largest absolute Gasteiger partial charge is 0.493 e. The average Bonchev–Trinajstić information content (AvgIpc) is 2.93. The van der Waals surface area contributed by atoms with Crippen molar-refractivity contribution in [2.75, 3.05) is 7.11 Å². The Kier molecular flexibility index (Phi) is 8.65. The summed E-state index contributed by atoms with van der Waals surface area (Å²) in [6.45, 7) is 0.385. The van der Waals surface area contributed by atoms with Crippen molar-refractivity contribution in [1.82, 2.24) is 9.66 Å². The molecule has 1 fully saturated rings. The van der Waals surface area contributed by atoms with Crippen molar-refractivity contribution in [2.24, 2.45) is 5.10 Å². The van der Waals surface area contributed by atoms with Gasteiger partial charge >= 0.3 is 0 Å². The molecule has 196 valence electrons. The number of nitrogens with zero attached hydrogens (tertiary/aromatic N) is 3. The first kappa shape index (κ1) is 27.1. The van der Waals surface area contributed by atoms with E-state index in [-0.39, 0.29) is 11.5 Å². The molecular formula is C29H26Br3N3O3. The van der Waals surface area contributed by atoms with Crippen LogP contribution in [0.15, 0.2) is 77.9 Å². The van der Waals surface area contributed by atoms with Crippen molar-refractivity contribution in [2.45, 2.75) is 44.6 Å². The SMILES string of the molecule is COc1cc(C=Nn2c(C3CCCCC3)nc3ccc(Br)cc3c2=O)ccc1OCc1ccc(Br)cc1Br. The molecular weight excluding hydrogens is 678 g/mol. The minimum atomic E-state index is -0.167. The van der Waals surface area contributed by atoms with Crippen molar-refractivity contribution in [1.29, 1.82) is 0 Å². The second-order valence-corrected chi connectivity index (χ2v) is 11.9. The first-order valence-corrected chi connectivity index (χ1v) is 14.8. The Balaban J connectivity index is 1.45. The van der Waals surface area contributed by atoms with Gasteiger partial charge in [0, 0.05) is 24.9 Å². The van der Waals surface area contributed by atoms with Crippen LogP contribution in [0.5, 0.6) is 11.5 Å². The maximum Gasteiger partial charge on any atom is 0.282 e. The molecule has 0 atom stereocenters. The van der Waals surface area contributed by atoms with Crippen LogP contribution in [0.1, 0.15) is 55.0 Å². The summed E-state index contributed by atoms with van der Waals surface area (Å²) < 4.78 is 15.9. The number of aromatic nitrogens is 2. The number of hydrogen-bond acceptors (Lipinski definition) is 5. The number of benzene rings is 3. The molecule has 0 spiro atoms. The van der Waals surface area contributed by atoms with Crippen LogP contribution in [-0.4, -0.2) is 23.0 Å². The van der Waals surface area contributed by atoms with Crippen molar-refractivity contribution in [3.8, 4) is 11.5 Å². The van der Waals surface area contributed by atoms with E-state index in [0.29, 0.717) is 29.0 Å². The Morgan fingerprint density at radius 2 is 1.74 bits per heavy atom. The van der Waals surface area contributed by atoms with Crippen LogP contribution in [0.2, 0.25) is 0 Å². The van der Waals surface area contributed by atoms with Crippen LogP contribution in [0.3, 0.4) is 0 Å². The fraction of sp³-hybridized carbons (Fsp3) is 0.276. The lowest BCUT2D eigenvalue weighted by atomic mass is 9.88. The molecule has 4 aromatic rings. The molecule has 0 saturated heterocycles. The third-order valence-electron chi connectivity index (χ3n) is 6.71. The Morgan fingerprint density at radius 3 is 2.50 bits per heavy atom. The van der Waals surface area contributed by atoms with Gasteiger partial charge in [0.05, 0.1) is 24.2 Å². The fourth-order valence-corrected chi connectivity index (χ4v) is 6.23.